The quantitative estimate of drug-likeness (QED) is 0.309. The molecule has 0 saturated carbocycles. The first-order valence-corrected chi connectivity index (χ1v) is 14.7. The second-order valence-corrected chi connectivity index (χ2v) is 12.2. The number of aryl methyl sites for hydroxylation is 1. The minimum absolute atomic E-state index is 0.00394. The number of aromatic nitrogens is 4. The number of hydrogen-bond acceptors (Lipinski definition) is 7. The van der Waals surface area contributed by atoms with Crippen LogP contribution >= 0.6 is 11.6 Å². The minimum atomic E-state index is -1.02. The Morgan fingerprint density at radius 2 is 1.70 bits per heavy atom. The Kier molecular flexibility index (Phi) is 8.55. The third-order valence-electron chi connectivity index (χ3n) is 7.99. The molecule has 1 aliphatic rings. The predicted molar refractivity (Wildman–Crippen MR) is 167 cm³/mol. The highest BCUT2D eigenvalue weighted by molar-refractivity contribution is 6.32. The van der Waals surface area contributed by atoms with Gasteiger partial charge in [-0.1, -0.05) is 74.8 Å². The predicted octanol–water partition coefficient (Wildman–Crippen LogP) is 3.63. The van der Waals surface area contributed by atoms with Gasteiger partial charge < -0.3 is 19.6 Å². The minimum Gasteiger partial charge on any atom is -0.468 e. The summed E-state index contributed by atoms with van der Waals surface area (Å²) in [6, 6.07) is 16.0. The number of benzene rings is 2. The van der Waals surface area contributed by atoms with Gasteiger partial charge in [-0.2, -0.15) is 4.98 Å². The molecule has 1 atom stereocenters. The van der Waals surface area contributed by atoms with Crippen LogP contribution in [0.4, 0.5) is 10.7 Å². The van der Waals surface area contributed by atoms with Gasteiger partial charge in [0.15, 0.2) is 11.2 Å². The van der Waals surface area contributed by atoms with Gasteiger partial charge >= 0.3 is 17.8 Å². The zero-order chi connectivity index (χ0) is 31.8. The average Bonchev–Trinajstić information content (AvgIpc) is 3.39. The van der Waals surface area contributed by atoms with Crippen molar-refractivity contribution in [2.45, 2.75) is 46.3 Å². The average molecular weight is 623 g/mol. The van der Waals surface area contributed by atoms with Crippen LogP contribution in [0.15, 0.2) is 64.2 Å². The van der Waals surface area contributed by atoms with Crippen molar-refractivity contribution in [2.75, 3.05) is 31.6 Å². The van der Waals surface area contributed by atoms with Crippen LogP contribution in [0.25, 0.3) is 16.9 Å². The molecule has 13 heteroatoms. The van der Waals surface area contributed by atoms with Crippen molar-refractivity contribution in [3.8, 4) is 5.69 Å². The zero-order valence-electron chi connectivity index (χ0n) is 25.1. The lowest BCUT2D eigenvalue weighted by molar-refractivity contribution is -0.141. The van der Waals surface area contributed by atoms with Crippen molar-refractivity contribution in [2.24, 2.45) is 5.41 Å². The molecule has 2 aromatic heterocycles. The molecule has 0 aliphatic carbocycles. The fourth-order valence-electron chi connectivity index (χ4n) is 5.66. The first-order valence-electron chi connectivity index (χ1n) is 14.3. The van der Waals surface area contributed by atoms with E-state index in [0.29, 0.717) is 23.1 Å². The van der Waals surface area contributed by atoms with Gasteiger partial charge in [0, 0.05) is 26.2 Å². The van der Waals surface area contributed by atoms with E-state index >= 15 is 0 Å². The summed E-state index contributed by atoms with van der Waals surface area (Å²) < 4.78 is 8.76. The second-order valence-electron chi connectivity index (χ2n) is 11.8. The molecule has 1 aliphatic heterocycles. The van der Waals surface area contributed by atoms with E-state index in [4.69, 9.17) is 21.3 Å². The number of piperazine rings is 1. The Balaban J connectivity index is 1.77. The van der Waals surface area contributed by atoms with E-state index in [0.717, 1.165) is 14.7 Å². The number of hydrogen-bond donors (Lipinski definition) is 1. The molecule has 1 amide bonds. The van der Waals surface area contributed by atoms with Gasteiger partial charge in [-0.3, -0.25) is 23.3 Å². The van der Waals surface area contributed by atoms with Crippen molar-refractivity contribution in [1.29, 1.82) is 0 Å². The second kappa shape index (κ2) is 12.2. The van der Waals surface area contributed by atoms with Gasteiger partial charge in [0.25, 0.3) is 5.56 Å². The lowest BCUT2D eigenvalue weighted by Gasteiger charge is -2.46. The highest BCUT2D eigenvalue weighted by atomic mass is 35.5. The van der Waals surface area contributed by atoms with Crippen molar-refractivity contribution < 1.29 is 19.4 Å². The molecule has 2 aromatic carbocycles. The highest BCUT2D eigenvalue weighted by Crippen LogP contribution is 2.34. The maximum Gasteiger partial charge on any atom is 0.407 e. The fraction of sp³-hybridized carbons (Fsp3) is 0.387. The number of nitrogens with zero attached hydrogens (tertiary/aromatic N) is 6. The van der Waals surface area contributed by atoms with Crippen LogP contribution in [0.2, 0.25) is 5.02 Å². The van der Waals surface area contributed by atoms with E-state index in [-0.39, 0.29) is 37.3 Å². The first kappa shape index (κ1) is 30.9. The number of fused-ring (bicyclic) bond motifs is 1. The highest BCUT2D eigenvalue weighted by Gasteiger charge is 2.40. The van der Waals surface area contributed by atoms with Crippen LogP contribution in [-0.4, -0.2) is 73.5 Å². The Labute approximate surface area is 258 Å². The smallest absolute Gasteiger partial charge is 0.407 e. The molecule has 5 rings (SSSR count). The molecule has 1 saturated heterocycles. The summed E-state index contributed by atoms with van der Waals surface area (Å²) in [5.74, 6) is -0.373. The number of amides is 1. The van der Waals surface area contributed by atoms with Crippen LogP contribution in [0.3, 0.4) is 0 Å². The summed E-state index contributed by atoms with van der Waals surface area (Å²) >= 11 is 6.70. The number of halogens is 1. The van der Waals surface area contributed by atoms with E-state index in [1.165, 1.54) is 12.0 Å². The van der Waals surface area contributed by atoms with Crippen molar-refractivity contribution in [3.63, 3.8) is 0 Å². The number of para-hydroxylation sites is 1. The third-order valence-corrected chi connectivity index (χ3v) is 8.31. The van der Waals surface area contributed by atoms with E-state index in [9.17, 15) is 24.3 Å². The number of esters is 1. The Bertz CT molecular complexity index is 1820. The number of anilines is 1. The third kappa shape index (κ3) is 5.81. The largest absolute Gasteiger partial charge is 0.468 e. The summed E-state index contributed by atoms with van der Waals surface area (Å²) in [5, 5.41) is 10.3. The van der Waals surface area contributed by atoms with E-state index in [2.05, 4.69) is 0 Å². The molecule has 44 heavy (non-hydrogen) atoms. The Morgan fingerprint density at radius 1 is 1.02 bits per heavy atom. The summed E-state index contributed by atoms with van der Waals surface area (Å²) in [5.41, 5.74) is -0.241. The summed E-state index contributed by atoms with van der Waals surface area (Å²) in [7, 11) is 1.22. The van der Waals surface area contributed by atoms with Crippen molar-refractivity contribution in [1.82, 2.24) is 23.6 Å². The number of carboxylic acid groups (broad SMARTS) is 1. The molecule has 232 valence electrons. The topological polar surface area (TPSA) is 132 Å². The van der Waals surface area contributed by atoms with Gasteiger partial charge in [-0.05, 0) is 29.5 Å². The van der Waals surface area contributed by atoms with Crippen LogP contribution in [0, 0.1) is 5.41 Å². The summed E-state index contributed by atoms with van der Waals surface area (Å²) in [6.07, 6.45) is -0.616. The van der Waals surface area contributed by atoms with Gasteiger partial charge in [0.2, 0.25) is 5.95 Å². The Morgan fingerprint density at radius 3 is 2.34 bits per heavy atom. The maximum atomic E-state index is 14.3. The van der Waals surface area contributed by atoms with Crippen molar-refractivity contribution >= 4 is 40.8 Å². The molecule has 0 radical (unpaired) electrons. The lowest BCUT2D eigenvalue weighted by atomic mass is 9.84. The fourth-order valence-corrected chi connectivity index (χ4v) is 5.88. The molecule has 0 spiro atoms. The normalized spacial score (nSPS) is 15.5. The number of imidazole rings is 1. The van der Waals surface area contributed by atoms with Crippen LogP contribution in [0.1, 0.15) is 26.3 Å². The van der Waals surface area contributed by atoms with E-state index < -0.39 is 41.3 Å². The van der Waals surface area contributed by atoms with Crippen LogP contribution < -0.4 is 16.1 Å². The van der Waals surface area contributed by atoms with E-state index in [1.807, 2.05) is 56.0 Å². The Hall–Kier alpha value is -4.58. The molecule has 0 bridgehead atoms. The molecule has 1 N–H and O–H groups in total. The lowest BCUT2D eigenvalue weighted by Crippen LogP contribution is -2.59. The van der Waals surface area contributed by atoms with Gasteiger partial charge in [-0.25, -0.2) is 9.59 Å². The molecule has 12 nitrogen and oxygen atoms in total. The first-order chi connectivity index (χ1) is 20.9. The molecule has 1 fully saturated rings. The number of rotatable bonds is 7. The van der Waals surface area contributed by atoms with Crippen LogP contribution in [-0.2, 0) is 29.0 Å². The van der Waals surface area contributed by atoms with Gasteiger partial charge in [0.1, 0.15) is 6.54 Å². The maximum absolute atomic E-state index is 14.3. The number of carbonyl (C=O) groups is 2. The molecular weight excluding hydrogens is 588 g/mol. The number of methoxy groups -OCH3 is 1. The summed E-state index contributed by atoms with van der Waals surface area (Å²) in [6.45, 7) is 6.23. The molecular formula is C31H35ClN6O6. The van der Waals surface area contributed by atoms with Crippen molar-refractivity contribution in [3.05, 3.63) is 86.0 Å². The summed E-state index contributed by atoms with van der Waals surface area (Å²) in [4.78, 5) is 60.9. The molecule has 1 unspecified atom stereocenters. The monoisotopic (exact) mass is 622 g/mol. The standard InChI is InChI=1S/C31H35ClN6O6/c1-31(2,3)23-18-34(16-17-35(23)30(42)43)28-33-26-25(38(28)22-13-9-8-12-21(22)32)27(40)36(15-14-20-10-6-5-7-11-20)29(41)37(26)19-24(39)44-4/h5-13,23H,14-19H2,1-4H3,(H,42,43). The van der Waals surface area contributed by atoms with Crippen LogP contribution in [0.5, 0.6) is 0 Å². The zero-order valence-corrected chi connectivity index (χ0v) is 25.8. The van der Waals surface area contributed by atoms with E-state index in [1.54, 1.807) is 28.8 Å². The molecule has 3 heterocycles. The van der Waals surface area contributed by atoms with Gasteiger partial charge in [-0.15, -0.1) is 0 Å². The van der Waals surface area contributed by atoms with Gasteiger partial charge in [0.05, 0.1) is 23.9 Å². The SMILES string of the molecule is COC(=O)Cn1c(=O)n(CCc2ccccc2)c(=O)c2c1nc(N1CCN(C(=O)O)C(C(C)(C)C)C1)n2-c1ccccc1Cl. The number of ether oxygens (including phenoxy) is 1. The number of carbonyl (C=O) groups excluding carboxylic acids is 1. The molecule has 4 aromatic rings.